The van der Waals surface area contributed by atoms with Crippen LogP contribution in [-0.2, 0) is 11.2 Å². The summed E-state index contributed by atoms with van der Waals surface area (Å²) in [6.07, 6.45) is 6.48. The molecule has 0 saturated heterocycles. The number of thioether (sulfide) groups is 1. The summed E-state index contributed by atoms with van der Waals surface area (Å²) in [7, 11) is 0. The van der Waals surface area contributed by atoms with Crippen molar-refractivity contribution in [2.24, 2.45) is 4.99 Å². The van der Waals surface area contributed by atoms with Crippen LogP contribution in [0.5, 0.6) is 0 Å². The maximum absolute atomic E-state index is 5.98. The number of hydrogen-bond acceptors (Lipinski definition) is 4. The molecule has 1 aliphatic carbocycles. The first kappa shape index (κ1) is 13.6. The van der Waals surface area contributed by atoms with Crippen LogP contribution in [0.3, 0.4) is 0 Å². The highest BCUT2D eigenvalue weighted by Crippen LogP contribution is 2.32. The Kier molecular flexibility index (Phi) is 3.91. The van der Waals surface area contributed by atoms with E-state index in [-0.39, 0.29) is 6.10 Å². The standard InChI is InChI=1S/C17H22N2OS/c1-2-6-13-12(5-1)9-10-20-16(13)11-21-17-18-14-7-3-4-8-15(14)19-17/h1-2,5-6,14-16H,3-4,7-11H2,(H,18,19)/t14-,15-,16-/m1/s1. The number of aliphatic imine (C=N–C) groups is 1. The Balaban J connectivity index is 1.40. The molecule has 2 aliphatic heterocycles. The van der Waals surface area contributed by atoms with E-state index in [2.05, 4.69) is 29.6 Å². The molecule has 21 heavy (non-hydrogen) atoms. The molecule has 1 fully saturated rings. The van der Waals surface area contributed by atoms with Crippen molar-refractivity contribution >= 4 is 16.9 Å². The Morgan fingerprint density at radius 3 is 3.10 bits per heavy atom. The first-order valence-electron chi connectivity index (χ1n) is 8.07. The summed E-state index contributed by atoms with van der Waals surface area (Å²) in [5.74, 6) is 0.961. The monoisotopic (exact) mass is 302 g/mol. The van der Waals surface area contributed by atoms with Gasteiger partial charge in [0.2, 0.25) is 0 Å². The number of benzene rings is 1. The molecule has 0 radical (unpaired) electrons. The van der Waals surface area contributed by atoms with E-state index in [9.17, 15) is 0 Å². The first-order valence-corrected chi connectivity index (χ1v) is 9.05. The van der Waals surface area contributed by atoms with Gasteiger partial charge in [-0.25, -0.2) is 0 Å². The van der Waals surface area contributed by atoms with E-state index in [0.717, 1.165) is 23.9 Å². The van der Waals surface area contributed by atoms with E-state index in [1.165, 1.54) is 36.8 Å². The minimum absolute atomic E-state index is 0.215. The van der Waals surface area contributed by atoms with Crippen molar-refractivity contribution < 1.29 is 4.74 Å². The van der Waals surface area contributed by atoms with Gasteiger partial charge in [-0.3, -0.25) is 4.99 Å². The molecular formula is C17H22N2OS. The van der Waals surface area contributed by atoms with Gasteiger partial charge >= 0.3 is 0 Å². The van der Waals surface area contributed by atoms with E-state index in [0.29, 0.717) is 12.1 Å². The van der Waals surface area contributed by atoms with Gasteiger partial charge < -0.3 is 10.1 Å². The number of nitrogens with one attached hydrogen (secondary N) is 1. The average molecular weight is 302 g/mol. The largest absolute Gasteiger partial charge is 0.372 e. The van der Waals surface area contributed by atoms with Crippen molar-refractivity contribution in [3.05, 3.63) is 35.4 Å². The lowest BCUT2D eigenvalue weighted by atomic mass is 9.92. The van der Waals surface area contributed by atoms with Gasteiger partial charge in [0.1, 0.15) is 0 Å². The number of rotatable bonds is 2. The lowest BCUT2D eigenvalue weighted by molar-refractivity contribution is 0.0589. The lowest BCUT2D eigenvalue weighted by Crippen LogP contribution is -2.36. The van der Waals surface area contributed by atoms with Crippen LogP contribution in [0.1, 0.15) is 42.9 Å². The SMILES string of the molecule is c1ccc2c(c1)CCO[C@@H]2CSC1=N[C@@H]2CCCC[C@H]2N1. The van der Waals surface area contributed by atoms with E-state index in [1.807, 2.05) is 11.8 Å². The second-order valence-electron chi connectivity index (χ2n) is 6.16. The highest BCUT2D eigenvalue weighted by Gasteiger charge is 2.31. The smallest absolute Gasteiger partial charge is 0.157 e. The van der Waals surface area contributed by atoms with Gasteiger partial charge in [-0.1, -0.05) is 48.9 Å². The molecule has 0 spiro atoms. The number of hydrogen-bond donors (Lipinski definition) is 1. The third-order valence-electron chi connectivity index (χ3n) is 4.79. The third-order valence-corrected chi connectivity index (χ3v) is 5.75. The zero-order valence-corrected chi connectivity index (χ0v) is 13.1. The minimum Gasteiger partial charge on any atom is -0.372 e. The Bertz CT molecular complexity index is 545. The fourth-order valence-electron chi connectivity index (χ4n) is 3.63. The second kappa shape index (κ2) is 6.01. The molecule has 1 saturated carbocycles. The Morgan fingerprint density at radius 1 is 1.24 bits per heavy atom. The van der Waals surface area contributed by atoms with Gasteiger partial charge in [0.15, 0.2) is 5.17 Å². The number of fused-ring (bicyclic) bond motifs is 2. The van der Waals surface area contributed by atoms with Crippen LogP contribution in [0, 0.1) is 0 Å². The average Bonchev–Trinajstić information content (AvgIpc) is 2.96. The van der Waals surface area contributed by atoms with Crippen LogP contribution in [0.4, 0.5) is 0 Å². The molecule has 3 nitrogen and oxygen atoms in total. The van der Waals surface area contributed by atoms with Gasteiger partial charge in [-0.15, -0.1) is 0 Å². The lowest BCUT2D eigenvalue weighted by Gasteiger charge is -2.26. The van der Waals surface area contributed by atoms with Gasteiger partial charge in [0, 0.05) is 5.75 Å². The highest BCUT2D eigenvalue weighted by molar-refractivity contribution is 8.13. The molecule has 4 rings (SSSR count). The molecule has 1 N–H and O–H groups in total. The maximum atomic E-state index is 5.98. The van der Waals surface area contributed by atoms with Crippen molar-refractivity contribution in [1.29, 1.82) is 0 Å². The summed E-state index contributed by atoms with van der Waals surface area (Å²) in [6.45, 7) is 0.841. The molecule has 0 amide bonds. The van der Waals surface area contributed by atoms with E-state index in [4.69, 9.17) is 9.73 Å². The fraction of sp³-hybridized carbons (Fsp3) is 0.588. The predicted octanol–water partition coefficient (Wildman–Crippen LogP) is 3.30. The van der Waals surface area contributed by atoms with Crippen LogP contribution in [-0.4, -0.2) is 29.6 Å². The Labute approximate surface area is 130 Å². The molecule has 4 heteroatoms. The maximum Gasteiger partial charge on any atom is 0.157 e. The van der Waals surface area contributed by atoms with Crippen LogP contribution in [0.2, 0.25) is 0 Å². The predicted molar refractivity (Wildman–Crippen MR) is 87.9 cm³/mol. The Hall–Kier alpha value is -1.00. The van der Waals surface area contributed by atoms with Crippen LogP contribution >= 0.6 is 11.8 Å². The number of nitrogens with zero attached hydrogens (tertiary/aromatic N) is 1. The molecular weight excluding hydrogens is 280 g/mol. The topological polar surface area (TPSA) is 33.6 Å². The molecule has 1 aromatic rings. The van der Waals surface area contributed by atoms with Crippen LogP contribution in [0.25, 0.3) is 0 Å². The van der Waals surface area contributed by atoms with E-state index < -0.39 is 0 Å². The minimum atomic E-state index is 0.215. The molecule has 0 unspecified atom stereocenters. The third kappa shape index (κ3) is 2.84. The zero-order valence-electron chi connectivity index (χ0n) is 12.3. The summed E-state index contributed by atoms with van der Waals surface area (Å²) >= 11 is 1.83. The first-order chi connectivity index (χ1) is 10.4. The molecule has 1 aromatic carbocycles. The number of amidine groups is 1. The van der Waals surface area contributed by atoms with Gasteiger partial charge in [-0.2, -0.15) is 0 Å². The van der Waals surface area contributed by atoms with Crippen LogP contribution < -0.4 is 5.32 Å². The van der Waals surface area contributed by atoms with Crippen molar-refractivity contribution in [1.82, 2.24) is 5.32 Å². The number of ether oxygens (including phenoxy) is 1. The quantitative estimate of drug-likeness (QED) is 0.910. The van der Waals surface area contributed by atoms with Crippen molar-refractivity contribution in [2.45, 2.75) is 50.3 Å². The normalized spacial score (nSPS) is 31.0. The van der Waals surface area contributed by atoms with Crippen LogP contribution in [0.15, 0.2) is 29.3 Å². The van der Waals surface area contributed by atoms with Gasteiger partial charge in [0.25, 0.3) is 0 Å². The fourth-order valence-corrected chi connectivity index (χ4v) is 4.66. The molecule has 2 heterocycles. The Morgan fingerprint density at radius 2 is 2.14 bits per heavy atom. The summed E-state index contributed by atoms with van der Waals surface area (Å²) in [4.78, 5) is 4.86. The molecule has 0 bridgehead atoms. The molecule has 112 valence electrons. The molecule has 3 atom stereocenters. The second-order valence-corrected chi connectivity index (χ2v) is 7.16. The summed E-state index contributed by atoms with van der Waals surface area (Å²) < 4.78 is 5.98. The van der Waals surface area contributed by atoms with E-state index in [1.54, 1.807) is 0 Å². The van der Waals surface area contributed by atoms with Gasteiger partial charge in [0.05, 0.1) is 24.8 Å². The highest BCUT2D eigenvalue weighted by atomic mass is 32.2. The van der Waals surface area contributed by atoms with Gasteiger partial charge in [-0.05, 0) is 30.4 Å². The van der Waals surface area contributed by atoms with Crippen molar-refractivity contribution in [3.8, 4) is 0 Å². The summed E-state index contributed by atoms with van der Waals surface area (Å²) in [6, 6.07) is 9.81. The summed E-state index contributed by atoms with van der Waals surface area (Å²) in [5, 5.41) is 4.75. The van der Waals surface area contributed by atoms with Crippen molar-refractivity contribution in [3.63, 3.8) is 0 Å². The molecule has 0 aromatic heterocycles. The van der Waals surface area contributed by atoms with E-state index >= 15 is 0 Å². The summed E-state index contributed by atoms with van der Waals surface area (Å²) in [5.41, 5.74) is 2.82. The van der Waals surface area contributed by atoms with Crippen molar-refractivity contribution in [2.75, 3.05) is 12.4 Å². The molecule has 3 aliphatic rings. The zero-order chi connectivity index (χ0) is 14.1.